The largest absolute Gasteiger partial charge is 0.496 e. The predicted octanol–water partition coefficient (Wildman–Crippen LogP) is 2.61. The van der Waals surface area contributed by atoms with Crippen LogP contribution in [0.15, 0.2) is 18.2 Å². The first-order valence-corrected chi connectivity index (χ1v) is 7.43. The molecule has 20 heavy (non-hydrogen) atoms. The number of ether oxygens (including phenoxy) is 1. The van der Waals surface area contributed by atoms with E-state index < -0.39 is 0 Å². The molecule has 1 aromatic rings. The van der Waals surface area contributed by atoms with E-state index in [9.17, 15) is 4.79 Å². The van der Waals surface area contributed by atoms with Crippen molar-refractivity contribution < 1.29 is 9.53 Å². The van der Waals surface area contributed by atoms with Gasteiger partial charge in [0.05, 0.1) is 12.7 Å². The van der Waals surface area contributed by atoms with Gasteiger partial charge in [-0.2, -0.15) is 0 Å². The number of halogens is 1. The molecule has 1 heterocycles. The Labute approximate surface area is 124 Å². The highest BCUT2D eigenvalue weighted by Crippen LogP contribution is 2.23. The van der Waals surface area contributed by atoms with Crippen LogP contribution >= 0.6 is 11.6 Å². The van der Waals surface area contributed by atoms with Gasteiger partial charge in [0, 0.05) is 17.6 Å². The number of carbonyl (C=O) groups excluding carboxylic acids is 1. The van der Waals surface area contributed by atoms with Gasteiger partial charge in [0.1, 0.15) is 5.75 Å². The summed E-state index contributed by atoms with van der Waals surface area (Å²) in [7, 11) is 1.54. The fourth-order valence-corrected chi connectivity index (χ4v) is 2.60. The SMILES string of the molecule is COc1cc(Cl)ccc1C(=O)NCC1CCCCCN1. The van der Waals surface area contributed by atoms with E-state index in [0.29, 0.717) is 28.9 Å². The third kappa shape index (κ3) is 4.12. The number of rotatable bonds is 4. The molecule has 2 N–H and O–H groups in total. The summed E-state index contributed by atoms with van der Waals surface area (Å²) >= 11 is 5.90. The Morgan fingerprint density at radius 1 is 1.45 bits per heavy atom. The summed E-state index contributed by atoms with van der Waals surface area (Å²) in [6, 6.07) is 5.40. The molecule has 1 amide bonds. The molecule has 1 fully saturated rings. The van der Waals surface area contributed by atoms with E-state index in [-0.39, 0.29) is 5.91 Å². The maximum Gasteiger partial charge on any atom is 0.255 e. The minimum atomic E-state index is -0.121. The molecule has 1 unspecified atom stereocenters. The molecule has 1 saturated heterocycles. The highest BCUT2D eigenvalue weighted by atomic mass is 35.5. The van der Waals surface area contributed by atoms with E-state index in [2.05, 4.69) is 10.6 Å². The fraction of sp³-hybridized carbons (Fsp3) is 0.533. The van der Waals surface area contributed by atoms with E-state index in [1.165, 1.54) is 26.4 Å². The summed E-state index contributed by atoms with van der Waals surface area (Å²) < 4.78 is 5.20. The highest BCUT2D eigenvalue weighted by Gasteiger charge is 2.16. The molecule has 1 aliphatic rings. The molecule has 1 aliphatic heterocycles. The van der Waals surface area contributed by atoms with Crippen molar-refractivity contribution in [2.24, 2.45) is 0 Å². The normalized spacial score (nSPS) is 19.2. The van der Waals surface area contributed by atoms with E-state index in [1.807, 2.05) is 0 Å². The lowest BCUT2D eigenvalue weighted by Gasteiger charge is -2.17. The zero-order valence-corrected chi connectivity index (χ0v) is 12.5. The first kappa shape index (κ1) is 15.1. The number of hydrogen-bond donors (Lipinski definition) is 2. The number of amides is 1. The van der Waals surface area contributed by atoms with Crippen LogP contribution in [0.4, 0.5) is 0 Å². The summed E-state index contributed by atoms with van der Waals surface area (Å²) in [6.07, 6.45) is 4.81. The smallest absolute Gasteiger partial charge is 0.255 e. The van der Waals surface area contributed by atoms with Gasteiger partial charge in [0.25, 0.3) is 5.91 Å². The van der Waals surface area contributed by atoms with Gasteiger partial charge in [-0.25, -0.2) is 0 Å². The Morgan fingerprint density at radius 3 is 3.10 bits per heavy atom. The maximum atomic E-state index is 12.2. The second-order valence-electron chi connectivity index (χ2n) is 5.06. The Kier molecular flexibility index (Phi) is 5.68. The van der Waals surface area contributed by atoms with Crippen LogP contribution in [-0.4, -0.2) is 32.1 Å². The number of methoxy groups -OCH3 is 1. The van der Waals surface area contributed by atoms with Gasteiger partial charge >= 0.3 is 0 Å². The summed E-state index contributed by atoms with van der Waals surface area (Å²) in [4.78, 5) is 12.2. The summed E-state index contributed by atoms with van der Waals surface area (Å²) in [5.41, 5.74) is 0.519. The van der Waals surface area contributed by atoms with Crippen molar-refractivity contribution in [3.05, 3.63) is 28.8 Å². The molecular weight excluding hydrogens is 276 g/mol. The van der Waals surface area contributed by atoms with Gasteiger partial charge in [-0.1, -0.05) is 24.4 Å². The molecule has 0 aliphatic carbocycles. The molecule has 0 bridgehead atoms. The Balaban J connectivity index is 1.94. The first-order valence-electron chi connectivity index (χ1n) is 7.06. The van der Waals surface area contributed by atoms with Crippen LogP contribution < -0.4 is 15.4 Å². The Bertz CT molecular complexity index is 457. The highest BCUT2D eigenvalue weighted by molar-refractivity contribution is 6.30. The molecule has 2 rings (SSSR count). The average Bonchev–Trinajstić information content (AvgIpc) is 2.73. The van der Waals surface area contributed by atoms with Crippen LogP contribution in [0.1, 0.15) is 36.0 Å². The molecular formula is C15H21ClN2O2. The second-order valence-corrected chi connectivity index (χ2v) is 5.49. The van der Waals surface area contributed by atoms with Crippen molar-refractivity contribution in [1.29, 1.82) is 0 Å². The Hall–Kier alpha value is -1.26. The maximum absolute atomic E-state index is 12.2. The minimum Gasteiger partial charge on any atom is -0.496 e. The Morgan fingerprint density at radius 2 is 2.30 bits per heavy atom. The van der Waals surface area contributed by atoms with Gasteiger partial charge in [-0.3, -0.25) is 4.79 Å². The fourth-order valence-electron chi connectivity index (χ4n) is 2.44. The van der Waals surface area contributed by atoms with E-state index in [4.69, 9.17) is 16.3 Å². The van der Waals surface area contributed by atoms with Crippen LogP contribution in [0.5, 0.6) is 5.75 Å². The van der Waals surface area contributed by atoms with Crippen LogP contribution in [0.2, 0.25) is 5.02 Å². The number of hydrogen-bond acceptors (Lipinski definition) is 3. The summed E-state index contributed by atoms with van der Waals surface area (Å²) in [5, 5.41) is 6.98. The van der Waals surface area contributed by atoms with E-state index in [0.717, 1.165) is 13.0 Å². The van der Waals surface area contributed by atoms with Crippen LogP contribution in [0, 0.1) is 0 Å². The van der Waals surface area contributed by atoms with E-state index >= 15 is 0 Å². The monoisotopic (exact) mass is 296 g/mol. The topological polar surface area (TPSA) is 50.4 Å². The van der Waals surface area contributed by atoms with Crippen molar-refractivity contribution in [2.75, 3.05) is 20.2 Å². The van der Waals surface area contributed by atoms with Crippen molar-refractivity contribution in [3.8, 4) is 5.75 Å². The zero-order valence-electron chi connectivity index (χ0n) is 11.7. The zero-order chi connectivity index (χ0) is 14.4. The number of carbonyl (C=O) groups is 1. The molecule has 0 saturated carbocycles. The quantitative estimate of drug-likeness (QED) is 0.898. The lowest BCUT2D eigenvalue weighted by atomic mass is 10.1. The summed E-state index contributed by atoms with van der Waals surface area (Å²) in [5.74, 6) is 0.383. The van der Waals surface area contributed by atoms with E-state index in [1.54, 1.807) is 18.2 Å². The molecule has 0 spiro atoms. The molecule has 4 nitrogen and oxygen atoms in total. The third-order valence-corrected chi connectivity index (χ3v) is 3.81. The van der Waals surface area contributed by atoms with Crippen molar-refractivity contribution in [1.82, 2.24) is 10.6 Å². The van der Waals surface area contributed by atoms with Gasteiger partial charge < -0.3 is 15.4 Å². The van der Waals surface area contributed by atoms with Crippen LogP contribution in [-0.2, 0) is 0 Å². The standard InChI is InChI=1S/C15H21ClN2O2/c1-20-14-9-11(16)6-7-13(14)15(19)18-10-12-5-3-2-4-8-17-12/h6-7,9,12,17H,2-5,8,10H2,1H3,(H,18,19). The molecule has 5 heteroatoms. The number of benzene rings is 1. The van der Waals surface area contributed by atoms with Crippen LogP contribution in [0.25, 0.3) is 0 Å². The lowest BCUT2D eigenvalue weighted by Crippen LogP contribution is -2.40. The number of nitrogens with one attached hydrogen (secondary N) is 2. The molecule has 1 aromatic carbocycles. The third-order valence-electron chi connectivity index (χ3n) is 3.58. The predicted molar refractivity (Wildman–Crippen MR) is 80.6 cm³/mol. The van der Waals surface area contributed by atoms with Crippen LogP contribution in [0.3, 0.4) is 0 Å². The lowest BCUT2D eigenvalue weighted by molar-refractivity contribution is 0.0946. The molecule has 0 aromatic heterocycles. The average molecular weight is 297 g/mol. The second kappa shape index (κ2) is 7.50. The van der Waals surface area contributed by atoms with Gasteiger partial charge in [-0.05, 0) is 37.6 Å². The van der Waals surface area contributed by atoms with Gasteiger partial charge in [0.2, 0.25) is 0 Å². The van der Waals surface area contributed by atoms with Gasteiger partial charge in [0.15, 0.2) is 0 Å². The first-order chi connectivity index (χ1) is 9.70. The van der Waals surface area contributed by atoms with Crippen molar-refractivity contribution >= 4 is 17.5 Å². The van der Waals surface area contributed by atoms with Crippen molar-refractivity contribution in [2.45, 2.75) is 31.7 Å². The molecule has 110 valence electrons. The molecule has 1 atom stereocenters. The van der Waals surface area contributed by atoms with Gasteiger partial charge in [-0.15, -0.1) is 0 Å². The minimum absolute atomic E-state index is 0.121. The van der Waals surface area contributed by atoms with Crippen molar-refractivity contribution in [3.63, 3.8) is 0 Å². The molecule has 0 radical (unpaired) electrons. The summed E-state index contributed by atoms with van der Waals surface area (Å²) in [6.45, 7) is 1.68.